The molecule has 0 N–H and O–H groups in total. The summed E-state index contributed by atoms with van der Waals surface area (Å²) in [6, 6.07) is 4.20. The Morgan fingerprint density at radius 3 is 2.75 bits per heavy atom. The fourth-order valence-electron chi connectivity index (χ4n) is 2.58. The number of hydrogen-bond acceptors (Lipinski definition) is 6. The maximum Gasteiger partial charge on any atom is 0.337 e. The van der Waals surface area contributed by atoms with Gasteiger partial charge in [0, 0.05) is 10.9 Å². The number of benzene rings is 1. The monoisotopic (exact) mass is 351 g/mol. The minimum Gasteiger partial charge on any atom is -0.633 e. The average Bonchev–Trinajstić information content (AvgIpc) is 3.03. The Morgan fingerprint density at radius 2 is 2.12 bits per heavy atom. The number of rotatable bonds is 3. The van der Waals surface area contributed by atoms with Crippen LogP contribution in [0.1, 0.15) is 10.4 Å². The second-order valence-electron chi connectivity index (χ2n) is 5.93. The van der Waals surface area contributed by atoms with Gasteiger partial charge in [0.05, 0.1) is 51.6 Å². The van der Waals surface area contributed by atoms with E-state index in [9.17, 15) is 14.4 Å². The van der Waals surface area contributed by atoms with E-state index in [1.807, 2.05) is 4.90 Å². The van der Waals surface area contributed by atoms with E-state index < -0.39 is 11.8 Å². The summed E-state index contributed by atoms with van der Waals surface area (Å²) in [5.74, 6) is -1.09. The highest BCUT2D eigenvalue weighted by Gasteiger charge is 2.24. The van der Waals surface area contributed by atoms with Crippen LogP contribution in [0, 0.1) is 11.0 Å². The second kappa shape index (κ2) is 6.46. The van der Waals surface area contributed by atoms with E-state index >= 15 is 0 Å². The van der Waals surface area contributed by atoms with E-state index in [4.69, 9.17) is 0 Å². The van der Waals surface area contributed by atoms with Crippen LogP contribution in [0.15, 0.2) is 23.6 Å². The van der Waals surface area contributed by atoms with E-state index in [1.165, 1.54) is 30.6 Å². The zero-order chi connectivity index (χ0) is 17.3. The maximum atomic E-state index is 14.3. The van der Waals surface area contributed by atoms with Crippen molar-refractivity contribution in [3.63, 3.8) is 0 Å². The van der Waals surface area contributed by atoms with E-state index in [0.29, 0.717) is 37.4 Å². The minimum atomic E-state index is -0.577. The largest absolute Gasteiger partial charge is 0.633 e. The summed E-state index contributed by atoms with van der Waals surface area (Å²) in [5, 5.41) is 14.5. The molecule has 1 aliphatic heterocycles. The number of aromatic nitrogens is 1. The normalized spacial score (nSPS) is 16.9. The molecule has 0 saturated carbocycles. The number of hydrogen-bond donors (Lipinski definition) is 0. The molecule has 1 aromatic carbocycles. The molecular formula is C16H18FN3O3S. The fraction of sp³-hybridized carbons (Fsp3) is 0.375. The molecule has 1 aromatic heterocycles. The number of carbonyl (C=O) groups is 1. The van der Waals surface area contributed by atoms with Crippen molar-refractivity contribution in [2.75, 3.05) is 45.2 Å². The van der Waals surface area contributed by atoms with Gasteiger partial charge in [-0.05, 0) is 18.2 Å². The predicted octanol–water partition coefficient (Wildman–Crippen LogP) is 2.50. The van der Waals surface area contributed by atoms with Crippen LogP contribution in [0.25, 0.3) is 11.3 Å². The smallest absolute Gasteiger partial charge is 0.337 e. The molecule has 128 valence electrons. The van der Waals surface area contributed by atoms with Gasteiger partial charge in [0.15, 0.2) is 5.13 Å². The van der Waals surface area contributed by atoms with Gasteiger partial charge in [-0.25, -0.2) is 14.2 Å². The number of anilines is 1. The summed E-state index contributed by atoms with van der Waals surface area (Å²) >= 11 is 1.42. The third-order valence-corrected chi connectivity index (χ3v) is 5.02. The molecule has 1 aliphatic rings. The number of piperazine rings is 1. The number of thiazole rings is 1. The van der Waals surface area contributed by atoms with Crippen LogP contribution >= 0.6 is 11.3 Å². The molecule has 3 rings (SSSR count). The number of ether oxygens (including phenoxy) is 1. The van der Waals surface area contributed by atoms with Gasteiger partial charge in [-0.2, -0.15) is 0 Å². The van der Waals surface area contributed by atoms with Gasteiger partial charge < -0.3 is 19.5 Å². The van der Waals surface area contributed by atoms with Crippen LogP contribution in [-0.4, -0.2) is 55.9 Å². The van der Waals surface area contributed by atoms with Crippen molar-refractivity contribution in [2.24, 2.45) is 0 Å². The first-order valence-corrected chi connectivity index (χ1v) is 8.42. The molecule has 0 atom stereocenters. The molecule has 24 heavy (non-hydrogen) atoms. The number of halogens is 1. The number of quaternary nitrogens is 1. The summed E-state index contributed by atoms with van der Waals surface area (Å²) in [5.41, 5.74) is 1.03. The van der Waals surface area contributed by atoms with Gasteiger partial charge in [-0.3, -0.25) is 0 Å². The van der Waals surface area contributed by atoms with Crippen LogP contribution in [0.4, 0.5) is 9.52 Å². The van der Waals surface area contributed by atoms with Crippen molar-refractivity contribution in [2.45, 2.75) is 0 Å². The predicted molar refractivity (Wildman–Crippen MR) is 90.3 cm³/mol. The summed E-state index contributed by atoms with van der Waals surface area (Å²) in [6.07, 6.45) is 0. The third-order valence-electron chi connectivity index (χ3n) is 4.11. The Hall–Kier alpha value is -2.03. The van der Waals surface area contributed by atoms with E-state index in [2.05, 4.69) is 9.72 Å². The van der Waals surface area contributed by atoms with Crippen molar-refractivity contribution >= 4 is 22.4 Å². The van der Waals surface area contributed by atoms with Crippen molar-refractivity contribution < 1.29 is 18.6 Å². The number of nitrogens with zero attached hydrogens (tertiary/aromatic N) is 3. The molecular weight excluding hydrogens is 333 g/mol. The van der Waals surface area contributed by atoms with E-state index in [1.54, 1.807) is 12.4 Å². The third kappa shape index (κ3) is 3.40. The molecule has 0 amide bonds. The van der Waals surface area contributed by atoms with Crippen molar-refractivity contribution in [1.29, 1.82) is 0 Å². The molecule has 2 aromatic rings. The number of carbonyl (C=O) groups excluding carboxylic acids is 1. The summed E-state index contributed by atoms with van der Waals surface area (Å²) < 4.78 is 18.6. The Balaban J connectivity index is 1.80. The Kier molecular flexibility index (Phi) is 4.53. The van der Waals surface area contributed by atoms with Gasteiger partial charge in [0.25, 0.3) is 0 Å². The molecule has 1 saturated heterocycles. The number of methoxy groups -OCH3 is 1. The van der Waals surface area contributed by atoms with Crippen LogP contribution in [-0.2, 0) is 4.74 Å². The van der Waals surface area contributed by atoms with Gasteiger partial charge in [-0.15, -0.1) is 11.3 Å². The Morgan fingerprint density at radius 1 is 1.42 bits per heavy atom. The lowest BCUT2D eigenvalue weighted by Gasteiger charge is -2.45. The molecule has 1 fully saturated rings. The SMILES string of the molecule is COC(=O)c1ccc(-c2csc(N3CC[N+](C)([O-])CC3)n2)c(F)c1. The molecule has 0 unspecified atom stereocenters. The first-order chi connectivity index (χ1) is 11.4. The minimum absolute atomic E-state index is 0.165. The molecule has 2 heterocycles. The molecule has 0 bridgehead atoms. The fourth-order valence-corrected chi connectivity index (χ4v) is 3.46. The first-order valence-electron chi connectivity index (χ1n) is 7.54. The van der Waals surface area contributed by atoms with Crippen LogP contribution < -0.4 is 4.90 Å². The standard InChI is InChI=1S/C16H18FN3O3S/c1-20(22)7-5-19(6-8-20)16-18-14(10-24-16)12-4-3-11(9-13(12)17)15(21)23-2/h3-4,9-10H,5-8H2,1-2H3. The zero-order valence-corrected chi connectivity index (χ0v) is 14.3. The molecule has 8 heteroatoms. The first kappa shape index (κ1) is 16.8. The highest BCUT2D eigenvalue weighted by molar-refractivity contribution is 7.14. The topological polar surface area (TPSA) is 65.5 Å². The van der Waals surface area contributed by atoms with E-state index in [0.717, 1.165) is 11.2 Å². The summed E-state index contributed by atoms with van der Waals surface area (Å²) in [6.45, 7) is 2.29. The van der Waals surface area contributed by atoms with Crippen LogP contribution in [0.5, 0.6) is 0 Å². The van der Waals surface area contributed by atoms with Crippen molar-refractivity contribution in [3.05, 3.63) is 40.2 Å². The van der Waals surface area contributed by atoms with Crippen LogP contribution in [0.2, 0.25) is 0 Å². The van der Waals surface area contributed by atoms with Gasteiger partial charge >= 0.3 is 5.97 Å². The number of esters is 1. The van der Waals surface area contributed by atoms with Crippen LogP contribution in [0.3, 0.4) is 0 Å². The summed E-state index contributed by atoms with van der Waals surface area (Å²) in [7, 11) is 2.92. The van der Waals surface area contributed by atoms with Gasteiger partial charge in [0.2, 0.25) is 0 Å². The zero-order valence-electron chi connectivity index (χ0n) is 13.5. The molecule has 0 aliphatic carbocycles. The maximum absolute atomic E-state index is 14.3. The Bertz CT molecular complexity index is 753. The second-order valence-corrected chi connectivity index (χ2v) is 6.77. The van der Waals surface area contributed by atoms with E-state index in [-0.39, 0.29) is 10.2 Å². The van der Waals surface area contributed by atoms with Crippen molar-refractivity contribution in [1.82, 2.24) is 4.98 Å². The Labute approximate surface area is 143 Å². The lowest BCUT2D eigenvalue weighted by Crippen LogP contribution is -2.53. The number of likely N-dealkylation sites (N-methyl/N-ethyl adjacent to an activating group) is 1. The van der Waals surface area contributed by atoms with Gasteiger partial charge in [0.1, 0.15) is 5.82 Å². The quantitative estimate of drug-likeness (QED) is 0.483. The highest BCUT2D eigenvalue weighted by Crippen LogP contribution is 2.30. The highest BCUT2D eigenvalue weighted by atomic mass is 32.1. The molecule has 6 nitrogen and oxygen atoms in total. The number of hydroxylamine groups is 3. The average molecular weight is 351 g/mol. The lowest BCUT2D eigenvalue weighted by molar-refractivity contribution is -0.861. The van der Waals surface area contributed by atoms with Crippen molar-refractivity contribution in [3.8, 4) is 11.3 Å². The molecule has 0 radical (unpaired) electrons. The molecule has 0 spiro atoms. The van der Waals surface area contributed by atoms with Gasteiger partial charge in [-0.1, -0.05) is 0 Å². The summed E-state index contributed by atoms with van der Waals surface area (Å²) in [4.78, 5) is 18.0. The lowest BCUT2D eigenvalue weighted by atomic mass is 10.1.